The van der Waals surface area contributed by atoms with Crippen LogP contribution in [-0.4, -0.2) is 39.3 Å². The lowest BCUT2D eigenvalue weighted by Gasteiger charge is -2.32. The summed E-state index contributed by atoms with van der Waals surface area (Å²) in [5.41, 5.74) is 4.15. The van der Waals surface area contributed by atoms with Crippen molar-refractivity contribution in [2.45, 2.75) is 32.6 Å². The maximum Gasteiger partial charge on any atom is 0.267 e. The number of aromatic nitrogens is 2. The van der Waals surface area contributed by atoms with Gasteiger partial charge in [0.05, 0.1) is 5.69 Å². The van der Waals surface area contributed by atoms with Crippen molar-refractivity contribution < 1.29 is 9.59 Å². The lowest BCUT2D eigenvalue weighted by molar-refractivity contribution is 0.0641. The fraction of sp³-hybridized carbons (Fsp3) is 0.364. The van der Waals surface area contributed by atoms with E-state index in [1.54, 1.807) is 11.8 Å². The third kappa shape index (κ3) is 2.75. The molecule has 1 atom stereocenters. The first-order valence-corrected chi connectivity index (χ1v) is 10.6. The number of hydrogen-bond donors (Lipinski definition) is 0. The molecule has 142 valence electrons. The Balaban J connectivity index is 1.44. The number of Topliss-reactive ketones (excluding diaryl/α,β-unsaturated/α-hetero) is 1. The van der Waals surface area contributed by atoms with Gasteiger partial charge in [-0.25, -0.2) is 0 Å². The molecular formula is C22H21N3O2S. The fourth-order valence-electron chi connectivity index (χ4n) is 4.63. The standard InChI is InChI=1S/C22H21N3O2S/c1-13-21(28-24-23-13)22(27)25-11-3-5-16(12-25)20(26)18-10-9-15-8-7-14-4-2-6-17(18)19(14)15/h2,4,6,9-10,16H,3,5,7-8,11-12H2,1H3/t16-/m1/s1. The van der Waals surface area contributed by atoms with Crippen molar-refractivity contribution in [3.05, 3.63) is 57.6 Å². The number of likely N-dealkylation sites (tertiary alicyclic amines) is 1. The van der Waals surface area contributed by atoms with Crippen LogP contribution in [-0.2, 0) is 12.8 Å². The van der Waals surface area contributed by atoms with E-state index in [2.05, 4.69) is 33.9 Å². The Hall–Kier alpha value is -2.60. The lowest BCUT2D eigenvalue weighted by atomic mass is 9.87. The molecule has 1 amide bonds. The topological polar surface area (TPSA) is 63.2 Å². The van der Waals surface area contributed by atoms with Gasteiger partial charge in [-0.2, -0.15) is 0 Å². The van der Waals surface area contributed by atoms with E-state index in [0.717, 1.165) is 48.2 Å². The van der Waals surface area contributed by atoms with Crippen LogP contribution in [0.1, 0.15) is 49.7 Å². The average molecular weight is 391 g/mol. The van der Waals surface area contributed by atoms with Gasteiger partial charge in [0.25, 0.3) is 5.91 Å². The van der Waals surface area contributed by atoms with E-state index in [1.165, 1.54) is 16.5 Å². The zero-order valence-electron chi connectivity index (χ0n) is 15.8. The first kappa shape index (κ1) is 17.5. The molecule has 0 unspecified atom stereocenters. The van der Waals surface area contributed by atoms with E-state index < -0.39 is 0 Å². The van der Waals surface area contributed by atoms with Gasteiger partial charge in [-0.1, -0.05) is 34.8 Å². The number of rotatable bonds is 3. The minimum atomic E-state index is -0.155. The van der Waals surface area contributed by atoms with Crippen LogP contribution in [0.25, 0.3) is 10.8 Å². The number of ketones is 1. The Bertz CT molecular complexity index is 1090. The van der Waals surface area contributed by atoms with Crippen molar-refractivity contribution in [3.8, 4) is 0 Å². The molecule has 1 fully saturated rings. The lowest BCUT2D eigenvalue weighted by Crippen LogP contribution is -2.42. The van der Waals surface area contributed by atoms with Crippen LogP contribution >= 0.6 is 11.5 Å². The number of aryl methyl sites for hydroxylation is 3. The number of amides is 1. The second-order valence-corrected chi connectivity index (χ2v) is 8.51. The second-order valence-electron chi connectivity index (χ2n) is 7.75. The van der Waals surface area contributed by atoms with Crippen molar-refractivity contribution in [1.29, 1.82) is 0 Å². The SMILES string of the molecule is Cc1nnsc1C(=O)N1CCC[C@@H](C(=O)c2ccc3c4c(cccc24)CC3)C1. The highest BCUT2D eigenvalue weighted by molar-refractivity contribution is 7.07. The van der Waals surface area contributed by atoms with Crippen molar-refractivity contribution in [3.63, 3.8) is 0 Å². The molecule has 0 spiro atoms. The number of nitrogens with zero attached hydrogens (tertiary/aromatic N) is 3. The van der Waals surface area contributed by atoms with Crippen LogP contribution in [0.2, 0.25) is 0 Å². The summed E-state index contributed by atoms with van der Waals surface area (Å²) in [6.45, 7) is 2.96. The molecule has 1 aliphatic carbocycles. The zero-order valence-corrected chi connectivity index (χ0v) is 16.6. The molecule has 5 nitrogen and oxygen atoms in total. The van der Waals surface area contributed by atoms with Gasteiger partial charge in [0, 0.05) is 24.6 Å². The van der Waals surface area contributed by atoms with Crippen LogP contribution in [0.4, 0.5) is 0 Å². The normalized spacial score (nSPS) is 18.6. The van der Waals surface area contributed by atoms with Crippen molar-refractivity contribution in [2.24, 2.45) is 5.92 Å². The minimum absolute atomic E-state index is 0.0505. The van der Waals surface area contributed by atoms with Crippen LogP contribution in [0, 0.1) is 12.8 Å². The quantitative estimate of drug-likeness (QED) is 0.637. The zero-order chi connectivity index (χ0) is 19.3. The fourth-order valence-corrected chi connectivity index (χ4v) is 5.25. The number of hydrogen-bond acceptors (Lipinski definition) is 5. The van der Waals surface area contributed by atoms with E-state index in [-0.39, 0.29) is 17.6 Å². The van der Waals surface area contributed by atoms with Crippen LogP contribution in [0.15, 0.2) is 30.3 Å². The molecule has 2 aromatic carbocycles. The molecule has 2 heterocycles. The molecular weight excluding hydrogens is 370 g/mol. The van der Waals surface area contributed by atoms with Crippen LogP contribution in [0.5, 0.6) is 0 Å². The summed E-state index contributed by atoms with van der Waals surface area (Å²) in [4.78, 5) is 28.6. The monoisotopic (exact) mass is 391 g/mol. The van der Waals surface area contributed by atoms with Gasteiger partial charge in [0.2, 0.25) is 0 Å². The van der Waals surface area contributed by atoms with Crippen LogP contribution < -0.4 is 0 Å². The van der Waals surface area contributed by atoms with Gasteiger partial charge in [-0.05, 0) is 66.0 Å². The summed E-state index contributed by atoms with van der Waals surface area (Å²) in [6.07, 6.45) is 3.77. The highest BCUT2D eigenvalue weighted by Crippen LogP contribution is 2.34. The molecule has 5 rings (SSSR count). The van der Waals surface area contributed by atoms with E-state index in [0.29, 0.717) is 23.7 Å². The number of carbonyl (C=O) groups excluding carboxylic acids is 2. The Morgan fingerprint density at radius 3 is 2.75 bits per heavy atom. The van der Waals surface area contributed by atoms with Gasteiger partial charge >= 0.3 is 0 Å². The van der Waals surface area contributed by atoms with E-state index in [9.17, 15) is 9.59 Å². The van der Waals surface area contributed by atoms with Crippen molar-refractivity contribution in [1.82, 2.24) is 14.5 Å². The molecule has 1 saturated heterocycles. The molecule has 0 radical (unpaired) electrons. The molecule has 1 aromatic heterocycles. The third-order valence-electron chi connectivity index (χ3n) is 6.07. The first-order valence-electron chi connectivity index (χ1n) is 9.79. The van der Waals surface area contributed by atoms with Crippen LogP contribution in [0.3, 0.4) is 0 Å². The predicted octanol–water partition coefficient (Wildman–Crippen LogP) is 3.83. The summed E-state index contributed by atoms with van der Waals surface area (Å²) in [6, 6.07) is 10.4. The Kier molecular flexibility index (Phi) is 4.23. The largest absolute Gasteiger partial charge is 0.337 e. The van der Waals surface area contributed by atoms with Gasteiger partial charge in [0.1, 0.15) is 4.88 Å². The van der Waals surface area contributed by atoms with Gasteiger partial charge in [-0.3, -0.25) is 9.59 Å². The highest BCUT2D eigenvalue weighted by Gasteiger charge is 2.32. The molecule has 1 aliphatic heterocycles. The number of carbonyl (C=O) groups is 2. The molecule has 6 heteroatoms. The van der Waals surface area contributed by atoms with E-state index in [1.807, 2.05) is 6.07 Å². The maximum absolute atomic E-state index is 13.4. The highest BCUT2D eigenvalue weighted by atomic mass is 32.1. The Morgan fingerprint density at radius 2 is 1.96 bits per heavy atom. The van der Waals surface area contributed by atoms with Gasteiger partial charge < -0.3 is 4.90 Å². The Morgan fingerprint density at radius 1 is 1.14 bits per heavy atom. The summed E-state index contributed by atoms with van der Waals surface area (Å²) >= 11 is 1.13. The molecule has 0 saturated carbocycles. The van der Waals surface area contributed by atoms with Gasteiger partial charge in [-0.15, -0.1) is 5.10 Å². The maximum atomic E-state index is 13.4. The van der Waals surface area contributed by atoms with Gasteiger partial charge in [0.15, 0.2) is 5.78 Å². The molecule has 0 N–H and O–H groups in total. The van der Waals surface area contributed by atoms with Crippen molar-refractivity contribution in [2.75, 3.05) is 13.1 Å². The summed E-state index contributed by atoms with van der Waals surface area (Å²) in [5, 5.41) is 6.28. The summed E-state index contributed by atoms with van der Waals surface area (Å²) in [7, 11) is 0. The second kappa shape index (κ2) is 6.78. The summed E-state index contributed by atoms with van der Waals surface area (Å²) < 4.78 is 3.87. The summed E-state index contributed by atoms with van der Waals surface area (Å²) in [5.74, 6) is -0.0463. The smallest absolute Gasteiger partial charge is 0.267 e. The number of piperidine rings is 1. The Labute approximate surface area is 167 Å². The molecule has 3 aromatic rings. The molecule has 28 heavy (non-hydrogen) atoms. The minimum Gasteiger partial charge on any atom is -0.337 e. The van der Waals surface area contributed by atoms with E-state index in [4.69, 9.17) is 0 Å². The molecule has 2 aliphatic rings. The average Bonchev–Trinajstić information content (AvgIpc) is 3.35. The molecule has 0 bridgehead atoms. The first-order chi connectivity index (χ1) is 13.6. The van der Waals surface area contributed by atoms with E-state index >= 15 is 0 Å². The predicted molar refractivity (Wildman–Crippen MR) is 109 cm³/mol. The number of benzene rings is 2. The third-order valence-corrected chi connectivity index (χ3v) is 6.88. The van der Waals surface area contributed by atoms with Crippen molar-refractivity contribution >= 4 is 34.0 Å².